The Balaban J connectivity index is 1.86. The molecule has 1 aliphatic heterocycles. The van der Waals surface area contributed by atoms with Gasteiger partial charge in [0, 0.05) is 19.5 Å². The molecule has 20 heavy (non-hydrogen) atoms. The predicted molar refractivity (Wildman–Crippen MR) is 84.9 cm³/mol. The van der Waals surface area contributed by atoms with Gasteiger partial charge in [0.15, 0.2) is 10.9 Å². The number of aromatic nitrogens is 1. The first kappa shape index (κ1) is 15.4. The molecular formula is C15H25N3OS. The molecule has 0 bridgehead atoms. The smallest absolute Gasteiger partial charge is 0.183 e. The zero-order chi connectivity index (χ0) is 14.4. The molecule has 112 valence electrons. The van der Waals surface area contributed by atoms with Crippen LogP contribution in [0.25, 0.3) is 0 Å². The summed E-state index contributed by atoms with van der Waals surface area (Å²) in [5.74, 6) is 0.245. The molecule has 2 rings (SSSR count). The number of nitrogens with zero attached hydrogens (tertiary/aromatic N) is 2. The highest BCUT2D eigenvalue weighted by Crippen LogP contribution is 2.24. The summed E-state index contributed by atoms with van der Waals surface area (Å²) in [6.45, 7) is 8.17. The Bertz CT molecular complexity index is 438. The predicted octanol–water partition coefficient (Wildman–Crippen LogP) is 3.33. The molecule has 0 radical (unpaired) electrons. The Morgan fingerprint density at radius 2 is 2.10 bits per heavy atom. The number of nitrogens with one attached hydrogen (secondary N) is 1. The number of ketones is 1. The zero-order valence-electron chi connectivity index (χ0n) is 12.6. The fraction of sp³-hybridized carbons (Fsp3) is 0.733. The van der Waals surface area contributed by atoms with E-state index in [0.717, 1.165) is 48.3 Å². The number of anilines is 1. The Hall–Kier alpha value is -0.940. The maximum absolute atomic E-state index is 12.3. The third kappa shape index (κ3) is 4.28. The van der Waals surface area contributed by atoms with Crippen LogP contribution < -0.4 is 5.32 Å². The van der Waals surface area contributed by atoms with Crippen LogP contribution in [-0.2, 0) is 0 Å². The van der Waals surface area contributed by atoms with Crippen LogP contribution in [0.2, 0.25) is 0 Å². The number of Topliss-reactive ketones (excluding diaryl/α,β-unsaturated/α-hetero) is 1. The van der Waals surface area contributed by atoms with E-state index < -0.39 is 0 Å². The first-order valence-corrected chi connectivity index (χ1v) is 8.49. The fourth-order valence-corrected chi connectivity index (χ4v) is 3.48. The highest BCUT2D eigenvalue weighted by atomic mass is 32.1. The molecule has 0 atom stereocenters. The van der Waals surface area contributed by atoms with Gasteiger partial charge in [-0.15, -0.1) is 0 Å². The van der Waals surface area contributed by atoms with Gasteiger partial charge in [-0.05, 0) is 39.3 Å². The largest absolute Gasteiger partial charge is 0.362 e. The zero-order valence-corrected chi connectivity index (χ0v) is 13.4. The van der Waals surface area contributed by atoms with E-state index in [-0.39, 0.29) is 5.78 Å². The number of thiazole rings is 1. The highest BCUT2D eigenvalue weighted by molar-refractivity contribution is 7.17. The summed E-state index contributed by atoms with van der Waals surface area (Å²) in [6, 6.07) is 0. The highest BCUT2D eigenvalue weighted by Gasteiger charge is 2.17. The number of rotatable bonds is 7. The number of aryl methyl sites for hydroxylation is 1. The molecule has 0 aliphatic carbocycles. The normalized spacial score (nSPS) is 16.3. The molecule has 0 amide bonds. The molecular weight excluding hydrogens is 270 g/mol. The molecule has 1 saturated heterocycles. The van der Waals surface area contributed by atoms with Crippen LogP contribution in [0.4, 0.5) is 5.13 Å². The van der Waals surface area contributed by atoms with E-state index in [9.17, 15) is 4.79 Å². The SMILES string of the molecule is CCCNc1nc(C)c(C(=O)CCN2CCCCC2)s1. The first-order valence-electron chi connectivity index (χ1n) is 7.67. The van der Waals surface area contributed by atoms with E-state index >= 15 is 0 Å². The maximum Gasteiger partial charge on any atom is 0.183 e. The van der Waals surface area contributed by atoms with Crippen LogP contribution in [0.1, 0.15) is 54.4 Å². The Morgan fingerprint density at radius 3 is 2.80 bits per heavy atom. The van der Waals surface area contributed by atoms with Gasteiger partial charge in [0.2, 0.25) is 0 Å². The van der Waals surface area contributed by atoms with Crippen LogP contribution >= 0.6 is 11.3 Å². The van der Waals surface area contributed by atoms with Gasteiger partial charge in [-0.1, -0.05) is 24.7 Å². The van der Waals surface area contributed by atoms with Crippen LogP contribution in [0.5, 0.6) is 0 Å². The molecule has 0 spiro atoms. The number of hydrogen-bond acceptors (Lipinski definition) is 5. The van der Waals surface area contributed by atoms with E-state index in [1.165, 1.54) is 30.6 Å². The summed E-state index contributed by atoms with van der Waals surface area (Å²) < 4.78 is 0. The summed E-state index contributed by atoms with van der Waals surface area (Å²) in [4.78, 5) is 20.0. The quantitative estimate of drug-likeness (QED) is 0.784. The summed E-state index contributed by atoms with van der Waals surface area (Å²) in [5.41, 5.74) is 0.872. The minimum absolute atomic E-state index is 0.245. The Labute approximate surface area is 125 Å². The third-order valence-electron chi connectivity index (χ3n) is 3.68. The van der Waals surface area contributed by atoms with Crippen molar-refractivity contribution in [2.24, 2.45) is 0 Å². The van der Waals surface area contributed by atoms with Crippen molar-refractivity contribution in [1.29, 1.82) is 0 Å². The van der Waals surface area contributed by atoms with Gasteiger partial charge in [0.05, 0.1) is 10.6 Å². The van der Waals surface area contributed by atoms with Crippen molar-refractivity contribution in [2.75, 3.05) is 31.5 Å². The minimum atomic E-state index is 0.245. The topological polar surface area (TPSA) is 45.2 Å². The van der Waals surface area contributed by atoms with E-state index in [0.29, 0.717) is 6.42 Å². The van der Waals surface area contributed by atoms with E-state index in [1.54, 1.807) is 0 Å². The summed E-state index contributed by atoms with van der Waals surface area (Å²) in [5, 5.41) is 4.14. The lowest BCUT2D eigenvalue weighted by Crippen LogP contribution is -2.31. The number of carbonyl (C=O) groups is 1. The molecule has 0 saturated carbocycles. The van der Waals surface area contributed by atoms with Crippen LogP contribution in [0.3, 0.4) is 0 Å². The lowest BCUT2D eigenvalue weighted by Gasteiger charge is -2.25. The summed E-state index contributed by atoms with van der Waals surface area (Å²) in [6.07, 6.45) is 5.58. The molecule has 1 aliphatic rings. The molecule has 2 heterocycles. The average molecular weight is 295 g/mol. The molecule has 5 heteroatoms. The van der Waals surface area contributed by atoms with Gasteiger partial charge in [-0.2, -0.15) is 0 Å². The first-order chi connectivity index (χ1) is 9.70. The van der Waals surface area contributed by atoms with Gasteiger partial charge >= 0.3 is 0 Å². The minimum Gasteiger partial charge on any atom is -0.362 e. The van der Waals surface area contributed by atoms with E-state index in [4.69, 9.17) is 0 Å². The molecule has 1 N–H and O–H groups in total. The third-order valence-corrected chi connectivity index (χ3v) is 4.84. The molecule has 1 fully saturated rings. The van der Waals surface area contributed by atoms with Crippen molar-refractivity contribution in [2.45, 2.75) is 46.0 Å². The van der Waals surface area contributed by atoms with Crippen molar-refractivity contribution >= 4 is 22.3 Å². The van der Waals surface area contributed by atoms with Crippen molar-refractivity contribution in [3.8, 4) is 0 Å². The van der Waals surface area contributed by atoms with Gasteiger partial charge < -0.3 is 10.2 Å². The number of likely N-dealkylation sites (tertiary alicyclic amines) is 1. The van der Waals surface area contributed by atoms with E-state index in [2.05, 4.69) is 22.1 Å². The van der Waals surface area contributed by atoms with Crippen LogP contribution in [-0.4, -0.2) is 41.8 Å². The lowest BCUT2D eigenvalue weighted by atomic mass is 10.1. The molecule has 1 aromatic heterocycles. The molecule has 1 aromatic rings. The van der Waals surface area contributed by atoms with Gasteiger partial charge in [-0.25, -0.2) is 4.98 Å². The van der Waals surface area contributed by atoms with Crippen LogP contribution in [0, 0.1) is 6.92 Å². The Kier molecular flexibility index (Phi) is 5.98. The number of carbonyl (C=O) groups excluding carboxylic acids is 1. The second-order valence-corrected chi connectivity index (χ2v) is 6.43. The summed E-state index contributed by atoms with van der Waals surface area (Å²) in [7, 11) is 0. The van der Waals surface area contributed by atoms with Gasteiger partial charge in [-0.3, -0.25) is 4.79 Å². The van der Waals surface area contributed by atoms with Gasteiger partial charge in [0.25, 0.3) is 0 Å². The Morgan fingerprint density at radius 1 is 1.35 bits per heavy atom. The second-order valence-electron chi connectivity index (χ2n) is 5.44. The lowest BCUT2D eigenvalue weighted by molar-refractivity contribution is 0.0962. The molecule has 0 aromatic carbocycles. The summed E-state index contributed by atoms with van der Waals surface area (Å²) >= 11 is 1.50. The standard InChI is InChI=1S/C15H25N3OS/c1-3-8-16-15-17-12(2)14(20-15)13(19)7-11-18-9-5-4-6-10-18/h3-11H2,1-2H3,(H,16,17). The van der Waals surface area contributed by atoms with Crippen molar-refractivity contribution in [1.82, 2.24) is 9.88 Å². The van der Waals surface area contributed by atoms with Crippen molar-refractivity contribution < 1.29 is 4.79 Å². The maximum atomic E-state index is 12.3. The average Bonchev–Trinajstić information content (AvgIpc) is 2.85. The van der Waals surface area contributed by atoms with Crippen LogP contribution in [0.15, 0.2) is 0 Å². The van der Waals surface area contributed by atoms with Crippen molar-refractivity contribution in [3.05, 3.63) is 10.6 Å². The molecule has 0 unspecified atom stereocenters. The second kappa shape index (κ2) is 7.74. The number of piperidine rings is 1. The van der Waals surface area contributed by atoms with E-state index in [1.807, 2.05) is 6.92 Å². The fourth-order valence-electron chi connectivity index (χ4n) is 2.52. The number of hydrogen-bond donors (Lipinski definition) is 1. The monoisotopic (exact) mass is 295 g/mol. The molecule has 4 nitrogen and oxygen atoms in total. The van der Waals surface area contributed by atoms with Crippen molar-refractivity contribution in [3.63, 3.8) is 0 Å². The van der Waals surface area contributed by atoms with Gasteiger partial charge in [0.1, 0.15) is 0 Å².